The number of hydrogen-bond donors (Lipinski definition) is 1. The van der Waals surface area contributed by atoms with Gasteiger partial charge in [-0.2, -0.15) is 0 Å². The molecule has 1 unspecified atom stereocenters. The number of carbonyl (C=O) groups is 1. The molecule has 1 N–H and O–H groups in total. The van der Waals surface area contributed by atoms with Crippen LogP contribution < -0.4 is 9.64 Å². The van der Waals surface area contributed by atoms with Crippen LogP contribution in [0.25, 0.3) is 11.1 Å². The number of halogens is 1. The lowest BCUT2D eigenvalue weighted by molar-refractivity contribution is -0.160. The maximum absolute atomic E-state index is 13.3. The standard InChI is InChI=1S/C35H45FN2O4/c1-22(25-9-13-27(36)14-10-25)21-41-28-15-11-26(12-16-28)29-23(2)37-24(3)30(32(33(39)40)42-34(4,5)6)31(29)38-19-17-35(7,8)18-20-38/h9-16,22,32H,17-21H2,1-8H3,(H,39,40)/t22?,32-/m0/s1. The average Bonchev–Trinajstić information content (AvgIpc) is 2.91. The van der Waals surface area contributed by atoms with Crippen LogP contribution in [0.2, 0.25) is 0 Å². The van der Waals surface area contributed by atoms with Gasteiger partial charge in [-0.15, -0.1) is 0 Å². The smallest absolute Gasteiger partial charge is 0.337 e. The third kappa shape index (κ3) is 7.49. The second kappa shape index (κ2) is 12.4. The Bertz CT molecular complexity index is 1380. The SMILES string of the molecule is Cc1nc(C)c([C@H](OC(C)(C)C)C(=O)O)c(N2CCC(C)(C)CC2)c1-c1ccc(OCC(C)c2ccc(F)cc2)cc1. The number of nitrogens with zero attached hydrogens (tertiary/aromatic N) is 2. The molecule has 0 aliphatic carbocycles. The van der Waals surface area contributed by atoms with Crippen molar-refractivity contribution in [3.8, 4) is 16.9 Å². The molecule has 0 radical (unpaired) electrons. The predicted molar refractivity (Wildman–Crippen MR) is 166 cm³/mol. The van der Waals surface area contributed by atoms with Crippen LogP contribution in [0.3, 0.4) is 0 Å². The van der Waals surface area contributed by atoms with Gasteiger partial charge < -0.3 is 19.5 Å². The fourth-order valence-corrected chi connectivity index (χ4v) is 5.58. The highest BCUT2D eigenvalue weighted by molar-refractivity contribution is 5.88. The Labute approximate surface area is 249 Å². The van der Waals surface area contributed by atoms with E-state index in [1.807, 2.05) is 58.9 Å². The Hall–Kier alpha value is -3.45. The molecule has 0 amide bonds. The number of rotatable bonds is 9. The maximum Gasteiger partial charge on any atom is 0.337 e. The van der Waals surface area contributed by atoms with E-state index in [4.69, 9.17) is 14.5 Å². The summed E-state index contributed by atoms with van der Waals surface area (Å²) in [5.74, 6) is -0.450. The summed E-state index contributed by atoms with van der Waals surface area (Å²) in [6.45, 7) is 18.2. The van der Waals surface area contributed by atoms with Gasteiger partial charge in [0.25, 0.3) is 0 Å². The third-order valence-corrected chi connectivity index (χ3v) is 8.05. The van der Waals surface area contributed by atoms with E-state index < -0.39 is 17.7 Å². The van der Waals surface area contributed by atoms with Crippen LogP contribution in [0.15, 0.2) is 48.5 Å². The molecule has 1 aromatic heterocycles. The maximum atomic E-state index is 13.3. The Morgan fingerprint density at radius 1 is 1.02 bits per heavy atom. The number of piperidine rings is 1. The molecule has 2 atom stereocenters. The first-order valence-electron chi connectivity index (χ1n) is 14.8. The zero-order valence-corrected chi connectivity index (χ0v) is 26.3. The van der Waals surface area contributed by atoms with Crippen LogP contribution in [0.4, 0.5) is 10.1 Å². The molecule has 6 nitrogen and oxygen atoms in total. The highest BCUT2D eigenvalue weighted by atomic mass is 19.1. The van der Waals surface area contributed by atoms with Crippen molar-refractivity contribution in [1.29, 1.82) is 0 Å². The molecular formula is C35H45FN2O4. The van der Waals surface area contributed by atoms with Gasteiger partial charge in [-0.3, -0.25) is 4.98 Å². The second-order valence-corrected chi connectivity index (χ2v) is 13.3. The Balaban J connectivity index is 1.73. The van der Waals surface area contributed by atoms with Gasteiger partial charge in [-0.05, 0) is 88.3 Å². The summed E-state index contributed by atoms with van der Waals surface area (Å²) in [6.07, 6.45) is 0.851. The van der Waals surface area contributed by atoms with Crippen molar-refractivity contribution in [3.05, 3.63) is 76.9 Å². The van der Waals surface area contributed by atoms with Crippen molar-refractivity contribution in [2.75, 3.05) is 24.6 Å². The number of carboxylic acids is 1. The first-order chi connectivity index (χ1) is 19.6. The number of benzene rings is 2. The van der Waals surface area contributed by atoms with E-state index in [0.29, 0.717) is 17.9 Å². The minimum absolute atomic E-state index is 0.0992. The molecule has 226 valence electrons. The van der Waals surface area contributed by atoms with Crippen LogP contribution in [-0.4, -0.2) is 41.4 Å². The zero-order chi connectivity index (χ0) is 30.8. The minimum Gasteiger partial charge on any atom is -0.493 e. The number of hydrogen-bond acceptors (Lipinski definition) is 5. The Morgan fingerprint density at radius 3 is 2.17 bits per heavy atom. The van der Waals surface area contributed by atoms with E-state index in [9.17, 15) is 14.3 Å². The van der Waals surface area contributed by atoms with Crippen molar-refractivity contribution < 1.29 is 23.8 Å². The predicted octanol–water partition coefficient (Wildman–Crippen LogP) is 8.25. The van der Waals surface area contributed by atoms with E-state index in [0.717, 1.165) is 59.8 Å². The van der Waals surface area contributed by atoms with Gasteiger partial charge >= 0.3 is 5.97 Å². The van der Waals surface area contributed by atoms with Crippen LogP contribution in [0.1, 0.15) is 88.9 Å². The number of anilines is 1. The lowest BCUT2D eigenvalue weighted by atomic mass is 9.82. The van der Waals surface area contributed by atoms with Gasteiger partial charge in [-0.1, -0.05) is 45.0 Å². The van der Waals surface area contributed by atoms with E-state index in [1.54, 1.807) is 12.1 Å². The van der Waals surface area contributed by atoms with Crippen molar-refractivity contribution in [2.24, 2.45) is 5.41 Å². The topological polar surface area (TPSA) is 71.9 Å². The van der Waals surface area contributed by atoms with Crippen molar-refractivity contribution in [2.45, 2.75) is 85.9 Å². The molecule has 0 bridgehead atoms. The number of ether oxygens (including phenoxy) is 2. The first-order valence-corrected chi connectivity index (χ1v) is 14.8. The molecule has 1 aliphatic heterocycles. The van der Waals surface area contributed by atoms with Crippen molar-refractivity contribution >= 4 is 11.7 Å². The highest BCUT2D eigenvalue weighted by Gasteiger charge is 2.36. The molecule has 7 heteroatoms. The third-order valence-electron chi connectivity index (χ3n) is 8.05. The summed E-state index contributed by atoms with van der Waals surface area (Å²) >= 11 is 0. The summed E-state index contributed by atoms with van der Waals surface area (Å²) in [7, 11) is 0. The molecule has 4 rings (SSSR count). The van der Waals surface area contributed by atoms with Crippen LogP contribution in [0.5, 0.6) is 5.75 Å². The van der Waals surface area contributed by atoms with E-state index in [1.165, 1.54) is 12.1 Å². The van der Waals surface area contributed by atoms with Gasteiger partial charge in [0.1, 0.15) is 11.6 Å². The summed E-state index contributed by atoms with van der Waals surface area (Å²) in [5, 5.41) is 10.4. The molecular weight excluding hydrogens is 531 g/mol. The first kappa shape index (κ1) is 31.5. The zero-order valence-electron chi connectivity index (χ0n) is 26.3. The second-order valence-electron chi connectivity index (χ2n) is 13.3. The summed E-state index contributed by atoms with van der Waals surface area (Å²) in [5.41, 5.74) is 5.47. The van der Waals surface area contributed by atoms with E-state index in [2.05, 4.69) is 25.7 Å². The van der Waals surface area contributed by atoms with Crippen molar-refractivity contribution in [1.82, 2.24) is 4.98 Å². The molecule has 1 aliphatic rings. The number of aromatic nitrogens is 1. The molecule has 42 heavy (non-hydrogen) atoms. The van der Waals surface area contributed by atoms with Crippen LogP contribution in [-0.2, 0) is 9.53 Å². The molecule has 0 saturated carbocycles. The molecule has 1 fully saturated rings. The largest absolute Gasteiger partial charge is 0.493 e. The lowest BCUT2D eigenvalue weighted by Gasteiger charge is -2.41. The van der Waals surface area contributed by atoms with Gasteiger partial charge in [0.05, 0.1) is 17.9 Å². The fourth-order valence-electron chi connectivity index (χ4n) is 5.58. The molecule has 2 heterocycles. The molecule has 0 spiro atoms. The average molecular weight is 577 g/mol. The normalized spacial score (nSPS) is 16.6. The van der Waals surface area contributed by atoms with Gasteiger partial charge in [0, 0.05) is 41.5 Å². The highest BCUT2D eigenvalue weighted by Crippen LogP contribution is 2.45. The Morgan fingerprint density at radius 2 is 1.62 bits per heavy atom. The molecule has 1 saturated heterocycles. The van der Waals surface area contributed by atoms with E-state index in [-0.39, 0.29) is 17.2 Å². The summed E-state index contributed by atoms with van der Waals surface area (Å²) in [4.78, 5) is 19.9. The number of aryl methyl sites for hydroxylation is 2. The summed E-state index contributed by atoms with van der Waals surface area (Å²) < 4.78 is 25.6. The minimum atomic E-state index is -1.16. The number of pyridine rings is 1. The van der Waals surface area contributed by atoms with Crippen LogP contribution in [0, 0.1) is 25.1 Å². The molecule has 2 aromatic carbocycles. The van der Waals surface area contributed by atoms with Gasteiger partial charge in [0.2, 0.25) is 0 Å². The lowest BCUT2D eigenvalue weighted by Crippen LogP contribution is -2.39. The van der Waals surface area contributed by atoms with Crippen LogP contribution >= 0.6 is 0 Å². The Kier molecular flexibility index (Phi) is 9.31. The van der Waals surface area contributed by atoms with Gasteiger partial charge in [0.15, 0.2) is 6.10 Å². The number of carboxylic acid groups (broad SMARTS) is 1. The monoisotopic (exact) mass is 576 g/mol. The quantitative estimate of drug-likeness (QED) is 0.277. The molecule has 3 aromatic rings. The van der Waals surface area contributed by atoms with Crippen molar-refractivity contribution in [3.63, 3.8) is 0 Å². The fraction of sp³-hybridized carbons (Fsp3) is 0.486. The number of aliphatic carboxylic acids is 1. The van der Waals surface area contributed by atoms with Gasteiger partial charge in [-0.25, -0.2) is 9.18 Å². The van der Waals surface area contributed by atoms with E-state index >= 15 is 0 Å². The summed E-state index contributed by atoms with van der Waals surface area (Å²) in [6, 6.07) is 14.4.